The lowest BCUT2D eigenvalue weighted by Crippen LogP contribution is -2.20. The highest BCUT2D eigenvalue weighted by Gasteiger charge is 2.31. The third-order valence-corrected chi connectivity index (χ3v) is 2.95. The van der Waals surface area contributed by atoms with Gasteiger partial charge in [0, 0.05) is 17.3 Å². The van der Waals surface area contributed by atoms with E-state index in [1.165, 1.54) is 0 Å². The number of ketones is 2. The zero-order chi connectivity index (χ0) is 11.3. The molecule has 2 aromatic rings. The van der Waals surface area contributed by atoms with E-state index in [4.69, 9.17) is 0 Å². The van der Waals surface area contributed by atoms with Crippen molar-refractivity contribution < 1.29 is 9.59 Å². The van der Waals surface area contributed by atoms with Crippen LogP contribution in [0.4, 0.5) is 0 Å². The Morgan fingerprint density at radius 3 is 2.31 bits per heavy atom. The summed E-state index contributed by atoms with van der Waals surface area (Å²) >= 11 is 0. The van der Waals surface area contributed by atoms with Gasteiger partial charge < -0.3 is 4.98 Å². The van der Waals surface area contributed by atoms with Crippen LogP contribution in [0.25, 0.3) is 0 Å². The molecule has 3 nitrogen and oxygen atoms in total. The molecular formula is C13H9NO2. The monoisotopic (exact) mass is 211 g/mol. The molecular weight excluding hydrogens is 202 g/mol. The Hall–Kier alpha value is -2.16. The Balaban J connectivity index is 2.36. The van der Waals surface area contributed by atoms with Gasteiger partial charge in [-0.05, 0) is 12.5 Å². The van der Waals surface area contributed by atoms with Gasteiger partial charge in [0.2, 0.25) is 5.78 Å². The first-order chi connectivity index (χ1) is 7.70. The molecule has 0 fully saturated rings. The predicted octanol–water partition coefficient (Wildman–Crippen LogP) is 2.10. The number of H-pyrrole nitrogens is 1. The van der Waals surface area contributed by atoms with Crippen LogP contribution in [0.5, 0.6) is 0 Å². The van der Waals surface area contributed by atoms with Gasteiger partial charge in [0.25, 0.3) is 0 Å². The van der Waals surface area contributed by atoms with Crippen LogP contribution < -0.4 is 0 Å². The van der Waals surface area contributed by atoms with E-state index in [-0.39, 0.29) is 11.6 Å². The van der Waals surface area contributed by atoms with Gasteiger partial charge in [-0.25, -0.2) is 0 Å². The zero-order valence-electron chi connectivity index (χ0n) is 8.70. The zero-order valence-corrected chi connectivity index (χ0v) is 8.70. The summed E-state index contributed by atoms with van der Waals surface area (Å²) in [5, 5.41) is 0. The number of aromatic nitrogens is 1. The van der Waals surface area contributed by atoms with E-state index in [0.29, 0.717) is 22.4 Å². The number of aromatic amines is 1. The normalized spacial score (nSPS) is 13.6. The summed E-state index contributed by atoms with van der Waals surface area (Å²) in [7, 11) is 0. The fourth-order valence-electron chi connectivity index (χ4n) is 2.14. The van der Waals surface area contributed by atoms with E-state index >= 15 is 0 Å². The Labute approximate surface area is 92.1 Å². The quantitative estimate of drug-likeness (QED) is 0.619. The van der Waals surface area contributed by atoms with Gasteiger partial charge in [0.1, 0.15) is 0 Å². The largest absolute Gasteiger partial charge is 0.358 e. The summed E-state index contributed by atoms with van der Waals surface area (Å²) in [6.45, 7) is 1.83. The third-order valence-electron chi connectivity index (χ3n) is 2.95. The number of carbonyl (C=O) groups excluding carboxylic acids is 2. The number of rotatable bonds is 0. The van der Waals surface area contributed by atoms with Crippen molar-refractivity contribution >= 4 is 11.6 Å². The second-order valence-electron chi connectivity index (χ2n) is 3.93. The molecule has 1 aliphatic carbocycles. The average Bonchev–Trinajstić information content (AvgIpc) is 2.69. The van der Waals surface area contributed by atoms with Gasteiger partial charge >= 0.3 is 0 Å². The first-order valence-corrected chi connectivity index (χ1v) is 5.06. The number of hydrogen-bond acceptors (Lipinski definition) is 2. The molecule has 0 saturated heterocycles. The van der Waals surface area contributed by atoms with Crippen LogP contribution in [-0.2, 0) is 0 Å². The fraction of sp³-hybridized carbons (Fsp3) is 0.0769. The van der Waals surface area contributed by atoms with E-state index in [2.05, 4.69) is 4.98 Å². The molecule has 0 unspecified atom stereocenters. The molecule has 0 atom stereocenters. The van der Waals surface area contributed by atoms with Crippen LogP contribution >= 0.6 is 0 Å². The van der Waals surface area contributed by atoms with Crippen molar-refractivity contribution in [2.75, 3.05) is 0 Å². The molecule has 3 heteroatoms. The first kappa shape index (κ1) is 9.09. The molecule has 78 valence electrons. The number of carbonyl (C=O) groups is 2. The summed E-state index contributed by atoms with van der Waals surface area (Å²) in [4.78, 5) is 27.1. The van der Waals surface area contributed by atoms with Crippen molar-refractivity contribution in [2.24, 2.45) is 0 Å². The van der Waals surface area contributed by atoms with Crippen molar-refractivity contribution in [2.45, 2.75) is 6.92 Å². The van der Waals surface area contributed by atoms with Crippen molar-refractivity contribution in [1.82, 2.24) is 4.98 Å². The average molecular weight is 211 g/mol. The smallest absolute Gasteiger partial charge is 0.210 e. The van der Waals surface area contributed by atoms with Crippen molar-refractivity contribution in [3.63, 3.8) is 0 Å². The molecule has 0 radical (unpaired) electrons. The topological polar surface area (TPSA) is 49.9 Å². The molecule has 0 amide bonds. The van der Waals surface area contributed by atoms with E-state index in [1.54, 1.807) is 30.5 Å². The highest BCUT2D eigenvalue weighted by atomic mass is 16.1. The Morgan fingerprint density at radius 1 is 1.00 bits per heavy atom. The van der Waals surface area contributed by atoms with Gasteiger partial charge in [-0.15, -0.1) is 0 Å². The second kappa shape index (κ2) is 2.92. The minimum Gasteiger partial charge on any atom is -0.358 e. The van der Waals surface area contributed by atoms with Crippen molar-refractivity contribution in [1.29, 1.82) is 0 Å². The summed E-state index contributed by atoms with van der Waals surface area (Å²) in [5.74, 6) is -0.165. The summed E-state index contributed by atoms with van der Waals surface area (Å²) < 4.78 is 0. The number of aryl methyl sites for hydroxylation is 1. The highest BCUT2D eigenvalue weighted by Crippen LogP contribution is 2.28. The maximum absolute atomic E-state index is 12.2. The van der Waals surface area contributed by atoms with E-state index in [0.717, 1.165) is 5.56 Å². The Bertz CT molecular complexity index is 623. The van der Waals surface area contributed by atoms with Gasteiger partial charge in [-0.2, -0.15) is 0 Å². The van der Waals surface area contributed by atoms with Gasteiger partial charge in [-0.3, -0.25) is 9.59 Å². The molecule has 3 rings (SSSR count). The molecule has 0 spiro atoms. The Kier molecular flexibility index (Phi) is 1.66. The maximum Gasteiger partial charge on any atom is 0.210 e. The second-order valence-corrected chi connectivity index (χ2v) is 3.93. The minimum absolute atomic E-state index is 0.0658. The SMILES string of the molecule is Cc1c[nH]c2c1C(=O)c1ccccc1C2=O. The molecule has 1 aliphatic rings. The van der Waals surface area contributed by atoms with E-state index < -0.39 is 0 Å². The van der Waals surface area contributed by atoms with Crippen LogP contribution in [0.1, 0.15) is 37.5 Å². The molecule has 1 N–H and O–H groups in total. The number of fused-ring (bicyclic) bond motifs is 2. The molecule has 0 aliphatic heterocycles. The molecule has 0 saturated carbocycles. The lowest BCUT2D eigenvalue weighted by Gasteiger charge is -2.14. The van der Waals surface area contributed by atoms with Crippen LogP contribution in [0.3, 0.4) is 0 Å². The van der Waals surface area contributed by atoms with Crippen LogP contribution in [-0.4, -0.2) is 16.6 Å². The third kappa shape index (κ3) is 0.972. The van der Waals surface area contributed by atoms with Crippen molar-refractivity contribution in [3.8, 4) is 0 Å². The van der Waals surface area contributed by atoms with E-state index in [1.807, 2.05) is 6.92 Å². The predicted molar refractivity (Wildman–Crippen MR) is 58.8 cm³/mol. The molecule has 16 heavy (non-hydrogen) atoms. The summed E-state index contributed by atoms with van der Waals surface area (Å²) in [6.07, 6.45) is 1.70. The number of hydrogen-bond donors (Lipinski definition) is 1. The summed E-state index contributed by atoms with van der Waals surface area (Å²) in [6, 6.07) is 6.93. The van der Waals surface area contributed by atoms with Gasteiger partial charge in [0.15, 0.2) is 5.78 Å². The van der Waals surface area contributed by atoms with Crippen molar-refractivity contribution in [3.05, 3.63) is 58.4 Å². The molecule has 1 heterocycles. The lowest BCUT2D eigenvalue weighted by molar-refractivity contribution is 0.0976. The number of nitrogens with one attached hydrogen (secondary N) is 1. The number of benzene rings is 1. The standard InChI is InChI=1S/C13H9NO2/c1-7-6-14-11-10(7)12(15)8-4-2-3-5-9(8)13(11)16/h2-6,14H,1H3. The first-order valence-electron chi connectivity index (χ1n) is 5.06. The molecule has 1 aromatic carbocycles. The van der Waals surface area contributed by atoms with Gasteiger partial charge in [0.05, 0.1) is 11.3 Å². The maximum atomic E-state index is 12.2. The van der Waals surface area contributed by atoms with Gasteiger partial charge in [-0.1, -0.05) is 24.3 Å². The highest BCUT2D eigenvalue weighted by molar-refractivity contribution is 6.28. The molecule has 1 aromatic heterocycles. The van der Waals surface area contributed by atoms with Crippen LogP contribution in [0.15, 0.2) is 30.5 Å². The lowest BCUT2D eigenvalue weighted by atomic mass is 9.87. The fourth-order valence-corrected chi connectivity index (χ4v) is 2.14. The summed E-state index contributed by atoms with van der Waals surface area (Å²) in [5.41, 5.74) is 2.75. The van der Waals surface area contributed by atoms with Crippen LogP contribution in [0.2, 0.25) is 0 Å². The van der Waals surface area contributed by atoms with Crippen LogP contribution in [0, 0.1) is 6.92 Å². The minimum atomic E-state index is -0.0988. The molecule has 0 bridgehead atoms. The Morgan fingerprint density at radius 2 is 1.62 bits per heavy atom. The van der Waals surface area contributed by atoms with E-state index in [9.17, 15) is 9.59 Å².